The van der Waals surface area contributed by atoms with Gasteiger partial charge in [-0.05, 0) is 42.5 Å². The van der Waals surface area contributed by atoms with Gasteiger partial charge < -0.3 is 0 Å². The Bertz CT molecular complexity index is 814. The van der Waals surface area contributed by atoms with E-state index >= 15 is 0 Å². The number of non-ortho nitro benzene ring substituents is 1. The maximum atomic E-state index is 12.3. The molecule has 0 bridgehead atoms. The molecule has 0 aliphatic carbocycles. The van der Waals surface area contributed by atoms with Crippen LogP contribution >= 0.6 is 0 Å². The number of benzene rings is 2. The molecular formula is C20H23N3O4. The first-order valence-corrected chi connectivity index (χ1v) is 8.71. The van der Waals surface area contributed by atoms with Crippen LogP contribution in [0.5, 0.6) is 0 Å². The summed E-state index contributed by atoms with van der Waals surface area (Å²) in [5.74, 6) is -0.763. The molecule has 0 saturated carbocycles. The van der Waals surface area contributed by atoms with Gasteiger partial charge in [-0.15, -0.1) is 0 Å². The molecule has 0 aliphatic heterocycles. The zero-order valence-corrected chi connectivity index (χ0v) is 15.6. The number of carbonyl (C=O) groups is 2. The van der Waals surface area contributed by atoms with Crippen LogP contribution in [-0.2, 0) is 11.2 Å². The molecule has 1 unspecified atom stereocenters. The van der Waals surface area contributed by atoms with Gasteiger partial charge >= 0.3 is 0 Å². The Morgan fingerprint density at radius 3 is 2.07 bits per heavy atom. The lowest BCUT2D eigenvalue weighted by atomic mass is 9.96. The van der Waals surface area contributed by atoms with Crippen LogP contribution in [0.1, 0.15) is 48.2 Å². The van der Waals surface area contributed by atoms with Crippen LogP contribution in [0.4, 0.5) is 5.69 Å². The molecule has 0 radical (unpaired) electrons. The number of hydrazine groups is 1. The van der Waals surface area contributed by atoms with Gasteiger partial charge in [0.15, 0.2) is 0 Å². The zero-order chi connectivity index (χ0) is 20.0. The topological polar surface area (TPSA) is 101 Å². The third-order valence-electron chi connectivity index (χ3n) is 4.16. The highest BCUT2D eigenvalue weighted by molar-refractivity contribution is 5.96. The zero-order valence-electron chi connectivity index (χ0n) is 15.6. The number of nitrogens with one attached hydrogen (secondary N) is 2. The highest BCUT2D eigenvalue weighted by atomic mass is 16.6. The Hall–Kier alpha value is -3.22. The average molecular weight is 369 g/mol. The molecular weight excluding hydrogens is 346 g/mol. The Labute approximate surface area is 157 Å². The number of hydrogen-bond donors (Lipinski definition) is 2. The standard InChI is InChI=1S/C20H23N3O4/c1-13(2)12-15-4-6-16(7-5-15)14(3)19(24)21-22-20(25)17-8-10-18(11-9-17)23(26)27/h4-11,13-14H,12H2,1-3H3,(H,21,24)(H,22,25). The smallest absolute Gasteiger partial charge is 0.269 e. The lowest BCUT2D eigenvalue weighted by Crippen LogP contribution is -2.43. The minimum atomic E-state index is -0.544. The van der Waals surface area contributed by atoms with Crippen molar-refractivity contribution in [3.63, 3.8) is 0 Å². The molecule has 0 heterocycles. The number of amides is 2. The number of nitrogens with zero attached hydrogens (tertiary/aromatic N) is 1. The summed E-state index contributed by atoms with van der Waals surface area (Å²) in [5.41, 5.74) is 6.89. The molecule has 1 atom stereocenters. The normalized spacial score (nSPS) is 11.7. The summed E-state index contributed by atoms with van der Waals surface area (Å²) in [4.78, 5) is 34.4. The van der Waals surface area contributed by atoms with Gasteiger partial charge in [0.2, 0.25) is 5.91 Å². The van der Waals surface area contributed by atoms with Crippen molar-refractivity contribution in [3.8, 4) is 0 Å². The van der Waals surface area contributed by atoms with Crippen LogP contribution in [0.2, 0.25) is 0 Å². The maximum Gasteiger partial charge on any atom is 0.269 e. The second kappa shape index (κ2) is 8.93. The van der Waals surface area contributed by atoms with E-state index in [1.807, 2.05) is 24.3 Å². The minimum absolute atomic E-state index is 0.106. The van der Waals surface area contributed by atoms with Gasteiger partial charge in [0.1, 0.15) is 0 Å². The fourth-order valence-electron chi connectivity index (χ4n) is 2.60. The average Bonchev–Trinajstić information content (AvgIpc) is 2.65. The molecule has 0 fully saturated rings. The van der Waals surface area contributed by atoms with E-state index in [1.165, 1.54) is 29.8 Å². The lowest BCUT2D eigenvalue weighted by molar-refractivity contribution is -0.384. The molecule has 0 aromatic heterocycles. The van der Waals surface area contributed by atoms with Crippen molar-refractivity contribution in [3.05, 3.63) is 75.3 Å². The SMILES string of the molecule is CC(C)Cc1ccc(C(C)C(=O)NNC(=O)c2ccc([N+](=O)[O-])cc2)cc1. The number of rotatable bonds is 6. The van der Waals surface area contributed by atoms with Crippen molar-refractivity contribution < 1.29 is 14.5 Å². The summed E-state index contributed by atoms with van der Waals surface area (Å²) < 4.78 is 0. The summed E-state index contributed by atoms with van der Waals surface area (Å²) in [6.07, 6.45) is 0.978. The van der Waals surface area contributed by atoms with Crippen molar-refractivity contribution in [2.75, 3.05) is 0 Å². The van der Waals surface area contributed by atoms with Gasteiger partial charge in [0.25, 0.3) is 11.6 Å². The fourth-order valence-corrected chi connectivity index (χ4v) is 2.60. The summed E-state index contributed by atoms with van der Waals surface area (Å²) >= 11 is 0. The molecule has 2 aromatic rings. The Kier molecular flexibility index (Phi) is 6.65. The van der Waals surface area contributed by atoms with E-state index in [1.54, 1.807) is 6.92 Å². The molecule has 0 aliphatic rings. The van der Waals surface area contributed by atoms with Crippen LogP contribution in [0.3, 0.4) is 0 Å². The second-order valence-corrected chi connectivity index (χ2v) is 6.81. The summed E-state index contributed by atoms with van der Waals surface area (Å²) in [6.45, 7) is 6.06. The predicted octanol–water partition coefficient (Wildman–Crippen LogP) is 3.36. The van der Waals surface area contributed by atoms with Gasteiger partial charge in [0, 0.05) is 17.7 Å². The van der Waals surface area contributed by atoms with E-state index in [0.717, 1.165) is 12.0 Å². The van der Waals surface area contributed by atoms with Crippen molar-refractivity contribution >= 4 is 17.5 Å². The van der Waals surface area contributed by atoms with Crippen molar-refractivity contribution in [2.24, 2.45) is 5.92 Å². The highest BCUT2D eigenvalue weighted by Crippen LogP contribution is 2.17. The first-order chi connectivity index (χ1) is 12.8. The monoisotopic (exact) mass is 369 g/mol. The molecule has 27 heavy (non-hydrogen) atoms. The quantitative estimate of drug-likeness (QED) is 0.602. The summed E-state index contributed by atoms with van der Waals surface area (Å²) in [7, 11) is 0. The number of nitro groups is 1. The molecule has 0 saturated heterocycles. The molecule has 142 valence electrons. The van der Waals surface area contributed by atoms with Gasteiger partial charge in [0.05, 0.1) is 10.8 Å². The molecule has 7 heteroatoms. The number of carbonyl (C=O) groups excluding carboxylic acids is 2. The third kappa shape index (κ3) is 5.64. The predicted molar refractivity (Wildman–Crippen MR) is 102 cm³/mol. The molecule has 7 nitrogen and oxygen atoms in total. The second-order valence-electron chi connectivity index (χ2n) is 6.81. The van der Waals surface area contributed by atoms with Crippen molar-refractivity contribution in [1.29, 1.82) is 0 Å². The van der Waals surface area contributed by atoms with E-state index in [4.69, 9.17) is 0 Å². The third-order valence-corrected chi connectivity index (χ3v) is 4.16. The van der Waals surface area contributed by atoms with E-state index < -0.39 is 16.7 Å². The fraction of sp³-hybridized carbons (Fsp3) is 0.300. The molecule has 0 spiro atoms. The number of hydrogen-bond acceptors (Lipinski definition) is 4. The van der Waals surface area contributed by atoms with Crippen LogP contribution < -0.4 is 10.9 Å². The van der Waals surface area contributed by atoms with Crippen molar-refractivity contribution in [2.45, 2.75) is 33.1 Å². The van der Waals surface area contributed by atoms with E-state index in [9.17, 15) is 19.7 Å². The first kappa shape index (κ1) is 20.1. The Balaban J connectivity index is 1.92. The van der Waals surface area contributed by atoms with Gasteiger partial charge in [-0.1, -0.05) is 38.1 Å². The Morgan fingerprint density at radius 1 is 0.963 bits per heavy atom. The lowest BCUT2D eigenvalue weighted by Gasteiger charge is -2.14. The minimum Gasteiger partial charge on any atom is -0.273 e. The highest BCUT2D eigenvalue weighted by Gasteiger charge is 2.17. The van der Waals surface area contributed by atoms with Crippen LogP contribution in [0.25, 0.3) is 0 Å². The molecule has 2 N–H and O–H groups in total. The van der Waals surface area contributed by atoms with Gasteiger partial charge in [-0.2, -0.15) is 0 Å². The maximum absolute atomic E-state index is 12.3. The van der Waals surface area contributed by atoms with Gasteiger partial charge in [-0.3, -0.25) is 30.6 Å². The molecule has 2 aromatic carbocycles. The summed E-state index contributed by atoms with van der Waals surface area (Å²) in [6, 6.07) is 13.0. The van der Waals surface area contributed by atoms with Crippen molar-refractivity contribution in [1.82, 2.24) is 10.9 Å². The summed E-state index contributed by atoms with van der Waals surface area (Å²) in [5, 5.41) is 10.6. The molecule has 2 amide bonds. The van der Waals surface area contributed by atoms with Crippen LogP contribution in [0.15, 0.2) is 48.5 Å². The van der Waals surface area contributed by atoms with E-state index in [-0.39, 0.29) is 17.2 Å². The van der Waals surface area contributed by atoms with E-state index in [0.29, 0.717) is 5.92 Å². The van der Waals surface area contributed by atoms with E-state index in [2.05, 4.69) is 24.7 Å². The first-order valence-electron chi connectivity index (χ1n) is 8.71. The number of nitro benzene ring substituents is 1. The van der Waals surface area contributed by atoms with Crippen LogP contribution in [-0.4, -0.2) is 16.7 Å². The molecule has 2 rings (SSSR count). The largest absolute Gasteiger partial charge is 0.273 e. The Morgan fingerprint density at radius 2 is 1.56 bits per heavy atom. The van der Waals surface area contributed by atoms with Crippen LogP contribution in [0, 0.1) is 16.0 Å². The van der Waals surface area contributed by atoms with Gasteiger partial charge in [-0.25, -0.2) is 0 Å².